The molecule has 2 rings (SSSR count). The third-order valence-corrected chi connectivity index (χ3v) is 2.92. The van der Waals surface area contributed by atoms with Gasteiger partial charge in [-0.05, 0) is 11.6 Å². The maximum Gasteiger partial charge on any atom is 0.420 e. The van der Waals surface area contributed by atoms with Crippen LogP contribution in [0.25, 0.3) is 0 Å². The predicted octanol–water partition coefficient (Wildman–Crippen LogP) is 2.60. The molecular formula is C14H12F3N3O2. The Hall–Kier alpha value is -2.64. The van der Waals surface area contributed by atoms with E-state index in [1.54, 1.807) is 30.3 Å². The number of nitrogens with one attached hydrogen (secondary N) is 1. The lowest BCUT2D eigenvalue weighted by Crippen LogP contribution is -2.33. The van der Waals surface area contributed by atoms with Crippen LogP contribution in [0.15, 0.2) is 42.6 Å². The zero-order chi connectivity index (χ0) is 16.2. The highest BCUT2D eigenvalue weighted by atomic mass is 19.4. The Morgan fingerprint density at radius 2 is 1.91 bits per heavy atom. The van der Waals surface area contributed by atoms with Crippen molar-refractivity contribution in [3.8, 4) is 0 Å². The van der Waals surface area contributed by atoms with Crippen LogP contribution in [0.5, 0.6) is 0 Å². The van der Waals surface area contributed by atoms with Crippen molar-refractivity contribution in [2.45, 2.75) is 18.6 Å². The number of hydrogen-bond donors (Lipinski definition) is 2. The SMILES string of the molecule is O=C(O)C(Cc1ccccc1)Nc1nnccc1C(F)(F)F. The largest absolute Gasteiger partial charge is 0.480 e. The molecule has 8 heteroatoms. The summed E-state index contributed by atoms with van der Waals surface area (Å²) < 4.78 is 38.6. The number of carboxylic acids is 1. The van der Waals surface area contributed by atoms with E-state index in [9.17, 15) is 23.1 Å². The molecule has 0 saturated heterocycles. The number of aromatic nitrogens is 2. The Morgan fingerprint density at radius 1 is 1.23 bits per heavy atom. The summed E-state index contributed by atoms with van der Waals surface area (Å²) in [7, 11) is 0. The van der Waals surface area contributed by atoms with Crippen molar-refractivity contribution in [3.63, 3.8) is 0 Å². The van der Waals surface area contributed by atoms with Gasteiger partial charge in [0, 0.05) is 6.42 Å². The second-order valence-corrected chi connectivity index (χ2v) is 4.52. The summed E-state index contributed by atoms with van der Waals surface area (Å²) in [6, 6.07) is 8.08. The molecule has 116 valence electrons. The molecule has 0 aliphatic heterocycles. The average Bonchev–Trinajstić information content (AvgIpc) is 2.47. The zero-order valence-electron chi connectivity index (χ0n) is 11.2. The average molecular weight is 311 g/mol. The van der Waals surface area contributed by atoms with Crippen LogP contribution in [0, 0.1) is 0 Å². The molecule has 22 heavy (non-hydrogen) atoms. The van der Waals surface area contributed by atoms with Crippen molar-refractivity contribution in [1.82, 2.24) is 10.2 Å². The van der Waals surface area contributed by atoms with Crippen LogP contribution in [0.1, 0.15) is 11.1 Å². The molecule has 0 amide bonds. The molecule has 1 atom stereocenters. The molecule has 0 bridgehead atoms. The standard InChI is InChI=1S/C14H12F3N3O2/c15-14(16,17)10-6-7-18-20-12(10)19-11(13(21)22)8-9-4-2-1-3-5-9/h1-7,11H,8H2,(H,19,20)(H,21,22). The Labute approximate surface area is 123 Å². The van der Waals surface area contributed by atoms with E-state index >= 15 is 0 Å². The van der Waals surface area contributed by atoms with E-state index in [-0.39, 0.29) is 6.42 Å². The fourth-order valence-corrected chi connectivity index (χ4v) is 1.88. The van der Waals surface area contributed by atoms with Crippen LogP contribution < -0.4 is 5.32 Å². The molecule has 0 spiro atoms. The van der Waals surface area contributed by atoms with Crippen LogP contribution in [-0.4, -0.2) is 27.3 Å². The van der Waals surface area contributed by atoms with Gasteiger partial charge in [0.15, 0.2) is 5.82 Å². The molecule has 2 N–H and O–H groups in total. The summed E-state index contributed by atoms with van der Waals surface area (Å²) in [5.41, 5.74) is -0.373. The molecule has 0 fully saturated rings. The van der Waals surface area contributed by atoms with E-state index in [0.717, 1.165) is 12.3 Å². The molecule has 2 aromatic rings. The van der Waals surface area contributed by atoms with Gasteiger partial charge in [-0.3, -0.25) is 0 Å². The Kier molecular flexibility index (Phi) is 4.59. The summed E-state index contributed by atoms with van der Waals surface area (Å²) in [4.78, 5) is 11.3. The normalized spacial score (nSPS) is 12.7. The van der Waals surface area contributed by atoms with Crippen molar-refractivity contribution in [1.29, 1.82) is 0 Å². The van der Waals surface area contributed by atoms with Crippen molar-refractivity contribution in [2.24, 2.45) is 0 Å². The van der Waals surface area contributed by atoms with Crippen molar-refractivity contribution >= 4 is 11.8 Å². The lowest BCUT2D eigenvalue weighted by atomic mass is 10.1. The smallest absolute Gasteiger partial charge is 0.420 e. The van der Waals surface area contributed by atoms with Gasteiger partial charge in [0.2, 0.25) is 0 Å². The van der Waals surface area contributed by atoms with E-state index < -0.39 is 29.6 Å². The number of alkyl halides is 3. The van der Waals surface area contributed by atoms with Gasteiger partial charge in [0.05, 0.1) is 6.20 Å². The van der Waals surface area contributed by atoms with E-state index in [2.05, 4.69) is 15.5 Å². The van der Waals surface area contributed by atoms with E-state index in [0.29, 0.717) is 5.56 Å². The van der Waals surface area contributed by atoms with Crippen molar-refractivity contribution < 1.29 is 23.1 Å². The molecule has 0 radical (unpaired) electrons. The Morgan fingerprint density at radius 3 is 2.50 bits per heavy atom. The van der Waals surface area contributed by atoms with Crippen LogP contribution in [-0.2, 0) is 17.4 Å². The molecule has 1 heterocycles. The highest BCUT2D eigenvalue weighted by molar-refractivity contribution is 5.77. The molecule has 1 aromatic heterocycles. The topological polar surface area (TPSA) is 75.1 Å². The van der Waals surface area contributed by atoms with Gasteiger partial charge in [0.1, 0.15) is 11.6 Å². The predicted molar refractivity (Wildman–Crippen MR) is 72.2 cm³/mol. The summed E-state index contributed by atoms with van der Waals surface area (Å²) in [5.74, 6) is -1.87. The molecule has 1 unspecified atom stereocenters. The van der Waals surface area contributed by atoms with Crippen LogP contribution >= 0.6 is 0 Å². The molecule has 0 aliphatic carbocycles. The minimum Gasteiger partial charge on any atom is -0.480 e. The quantitative estimate of drug-likeness (QED) is 0.888. The first-order chi connectivity index (χ1) is 10.4. The number of benzene rings is 1. The van der Waals surface area contributed by atoms with Gasteiger partial charge in [-0.1, -0.05) is 30.3 Å². The highest BCUT2D eigenvalue weighted by Crippen LogP contribution is 2.33. The number of rotatable bonds is 5. The minimum absolute atomic E-state index is 0.0179. The number of nitrogens with zero attached hydrogens (tertiary/aromatic N) is 2. The molecule has 0 saturated carbocycles. The first-order valence-electron chi connectivity index (χ1n) is 6.30. The molecule has 5 nitrogen and oxygen atoms in total. The molecule has 1 aromatic carbocycles. The Bertz CT molecular complexity index is 647. The Balaban J connectivity index is 2.24. The second-order valence-electron chi connectivity index (χ2n) is 4.52. The van der Waals surface area contributed by atoms with Gasteiger partial charge in [-0.25, -0.2) is 4.79 Å². The first kappa shape index (κ1) is 15.7. The van der Waals surface area contributed by atoms with Crippen LogP contribution in [0.3, 0.4) is 0 Å². The van der Waals surface area contributed by atoms with Crippen LogP contribution in [0.2, 0.25) is 0 Å². The van der Waals surface area contributed by atoms with E-state index in [1.165, 1.54) is 0 Å². The lowest BCUT2D eigenvalue weighted by molar-refractivity contribution is -0.139. The number of carbonyl (C=O) groups is 1. The van der Waals surface area contributed by atoms with Crippen LogP contribution in [0.4, 0.5) is 19.0 Å². The van der Waals surface area contributed by atoms with Gasteiger partial charge in [-0.2, -0.15) is 18.3 Å². The fraction of sp³-hybridized carbons (Fsp3) is 0.214. The highest BCUT2D eigenvalue weighted by Gasteiger charge is 2.35. The maximum absolute atomic E-state index is 12.9. The summed E-state index contributed by atoms with van der Waals surface area (Å²) in [6.45, 7) is 0. The van der Waals surface area contributed by atoms with Gasteiger partial charge in [-0.15, -0.1) is 5.10 Å². The number of hydrogen-bond acceptors (Lipinski definition) is 4. The fourth-order valence-electron chi connectivity index (χ4n) is 1.88. The number of carboxylic acid groups (broad SMARTS) is 1. The monoisotopic (exact) mass is 311 g/mol. The summed E-state index contributed by atoms with van der Waals surface area (Å²) in [6.07, 6.45) is -3.72. The number of anilines is 1. The van der Waals surface area contributed by atoms with Crippen molar-refractivity contribution in [2.75, 3.05) is 5.32 Å². The minimum atomic E-state index is -4.64. The van der Waals surface area contributed by atoms with Gasteiger partial charge >= 0.3 is 12.1 Å². The number of aliphatic carboxylic acids is 1. The van der Waals surface area contributed by atoms with E-state index in [1.807, 2.05) is 0 Å². The first-order valence-corrected chi connectivity index (χ1v) is 6.30. The number of halogens is 3. The summed E-state index contributed by atoms with van der Waals surface area (Å²) >= 11 is 0. The third-order valence-electron chi connectivity index (χ3n) is 2.92. The molecule has 0 aliphatic rings. The maximum atomic E-state index is 12.9. The van der Waals surface area contributed by atoms with Gasteiger partial charge < -0.3 is 10.4 Å². The zero-order valence-corrected chi connectivity index (χ0v) is 11.2. The lowest BCUT2D eigenvalue weighted by Gasteiger charge is -2.18. The second kappa shape index (κ2) is 6.42. The van der Waals surface area contributed by atoms with Crippen molar-refractivity contribution in [3.05, 3.63) is 53.7 Å². The van der Waals surface area contributed by atoms with Gasteiger partial charge in [0.25, 0.3) is 0 Å². The molecular weight excluding hydrogens is 299 g/mol. The van der Waals surface area contributed by atoms with E-state index in [4.69, 9.17) is 0 Å². The third kappa shape index (κ3) is 3.94. The summed E-state index contributed by atoms with van der Waals surface area (Å²) in [5, 5.41) is 18.2.